The number of amides is 1. The fraction of sp³-hybridized carbons (Fsp3) is 0.417. The Morgan fingerprint density at radius 3 is 2.82 bits per heavy atom. The molecule has 1 atom stereocenters. The molecule has 1 amide bonds. The lowest BCUT2D eigenvalue weighted by atomic mass is 9.87. The van der Waals surface area contributed by atoms with Gasteiger partial charge in [-0.15, -0.1) is 22.7 Å². The molecule has 4 rings (SSSR count). The van der Waals surface area contributed by atoms with Crippen LogP contribution in [0.5, 0.6) is 5.75 Å². The number of nitrogens with zero attached hydrogens (tertiary/aromatic N) is 3. The zero-order chi connectivity index (χ0) is 24.3. The molecule has 1 aliphatic heterocycles. The normalized spacial score (nSPS) is 16.3. The Morgan fingerprint density at radius 1 is 1.26 bits per heavy atom. The highest BCUT2D eigenvalue weighted by atomic mass is 32.2. The van der Waals surface area contributed by atoms with E-state index in [0.29, 0.717) is 30.3 Å². The molecule has 0 radical (unpaired) electrons. The summed E-state index contributed by atoms with van der Waals surface area (Å²) in [6.45, 7) is 7.65. The van der Waals surface area contributed by atoms with E-state index in [0.717, 1.165) is 22.3 Å². The molecule has 34 heavy (non-hydrogen) atoms. The largest absolute Gasteiger partial charge is 0.491 e. The second kappa shape index (κ2) is 10.5. The molecule has 3 heterocycles. The average Bonchev–Trinajstić information content (AvgIpc) is 3.53. The van der Waals surface area contributed by atoms with Crippen LogP contribution in [-0.2, 0) is 10.2 Å². The summed E-state index contributed by atoms with van der Waals surface area (Å²) in [6, 6.07) is 8.25. The Bertz CT molecular complexity index is 1170. The van der Waals surface area contributed by atoms with E-state index in [4.69, 9.17) is 9.84 Å². The molecular formula is C24H27N3O4S3. The Kier molecular flexibility index (Phi) is 7.59. The first-order valence-corrected chi connectivity index (χ1v) is 13.8. The number of benzene rings is 1. The van der Waals surface area contributed by atoms with Gasteiger partial charge in [-0.2, -0.15) is 0 Å². The number of likely N-dealkylation sites (tertiary alicyclic amines) is 1. The molecule has 10 heteroatoms. The first-order valence-electron chi connectivity index (χ1n) is 11.0. The molecule has 3 aromatic rings. The number of ether oxygens (including phenoxy) is 1. The van der Waals surface area contributed by atoms with Crippen molar-refractivity contribution in [3.05, 3.63) is 46.3 Å². The van der Waals surface area contributed by atoms with Crippen LogP contribution in [0.4, 0.5) is 0 Å². The molecule has 0 aliphatic carbocycles. The summed E-state index contributed by atoms with van der Waals surface area (Å²) in [5, 5.41) is 13.0. The van der Waals surface area contributed by atoms with Gasteiger partial charge in [-0.05, 0) is 29.5 Å². The third-order valence-corrected chi connectivity index (χ3v) is 8.44. The van der Waals surface area contributed by atoms with Gasteiger partial charge in [0.2, 0.25) is 5.91 Å². The number of rotatable bonds is 9. The predicted molar refractivity (Wildman–Crippen MR) is 136 cm³/mol. The van der Waals surface area contributed by atoms with E-state index in [9.17, 15) is 9.59 Å². The van der Waals surface area contributed by atoms with Crippen LogP contribution in [-0.4, -0.2) is 56.8 Å². The van der Waals surface area contributed by atoms with Crippen molar-refractivity contribution in [2.75, 3.05) is 18.9 Å². The maximum absolute atomic E-state index is 12.5. The number of carboxylic acid groups (broad SMARTS) is 1. The van der Waals surface area contributed by atoms with Gasteiger partial charge in [0.05, 0.1) is 6.04 Å². The van der Waals surface area contributed by atoms with Gasteiger partial charge in [0.15, 0.2) is 10.0 Å². The number of thiazole rings is 2. The van der Waals surface area contributed by atoms with Crippen molar-refractivity contribution in [2.24, 2.45) is 0 Å². The van der Waals surface area contributed by atoms with Crippen molar-refractivity contribution in [3.63, 3.8) is 0 Å². The number of hydrogen-bond donors (Lipinski definition) is 1. The summed E-state index contributed by atoms with van der Waals surface area (Å²) < 4.78 is 6.96. The number of aromatic nitrogens is 2. The van der Waals surface area contributed by atoms with Gasteiger partial charge in [-0.3, -0.25) is 4.79 Å². The second-order valence-electron chi connectivity index (χ2n) is 9.06. The lowest BCUT2D eigenvalue weighted by Crippen LogP contribution is -2.38. The van der Waals surface area contributed by atoms with Crippen molar-refractivity contribution in [1.29, 1.82) is 0 Å². The van der Waals surface area contributed by atoms with Gasteiger partial charge in [0.1, 0.15) is 23.1 Å². The third-order valence-electron chi connectivity index (χ3n) is 5.58. The van der Waals surface area contributed by atoms with E-state index in [2.05, 4.69) is 42.9 Å². The molecule has 1 N–H and O–H groups in total. The number of hydrogen-bond acceptors (Lipinski definition) is 8. The standard InChI is InChI=1S/C24H27N3O4S3/c1-24(2,3)15-5-4-6-17(11-15)31-12-16-7-8-20(28)27(16)9-10-32-23-26-18(13-34-23)21-25-19(14-33-21)22(29)30/h4-6,11,13-14,16H,7-10,12H2,1-3H3,(H,29,30)/t16-/m1/s1. The highest BCUT2D eigenvalue weighted by Crippen LogP contribution is 2.31. The quantitative estimate of drug-likeness (QED) is 0.379. The fourth-order valence-electron chi connectivity index (χ4n) is 3.66. The molecule has 0 bridgehead atoms. The SMILES string of the molecule is CC(C)(C)c1cccc(OC[C@H]2CCC(=O)N2CCSc2nc(-c3nc(C(=O)O)cs3)cs2)c1. The first kappa shape index (κ1) is 24.7. The fourth-order valence-corrected chi connectivity index (χ4v) is 6.31. The van der Waals surface area contributed by atoms with E-state index in [1.165, 1.54) is 33.6 Å². The van der Waals surface area contributed by atoms with Gasteiger partial charge in [0.25, 0.3) is 0 Å². The Balaban J connectivity index is 1.30. The molecule has 1 saturated heterocycles. The zero-order valence-electron chi connectivity index (χ0n) is 19.3. The monoisotopic (exact) mass is 517 g/mol. The maximum atomic E-state index is 12.5. The van der Waals surface area contributed by atoms with E-state index in [-0.39, 0.29) is 23.1 Å². The van der Waals surface area contributed by atoms with Gasteiger partial charge in [-0.25, -0.2) is 14.8 Å². The van der Waals surface area contributed by atoms with Gasteiger partial charge in [0, 0.05) is 29.5 Å². The van der Waals surface area contributed by atoms with Crippen molar-refractivity contribution in [1.82, 2.24) is 14.9 Å². The minimum Gasteiger partial charge on any atom is -0.491 e. The van der Waals surface area contributed by atoms with Crippen LogP contribution in [0.2, 0.25) is 0 Å². The zero-order valence-corrected chi connectivity index (χ0v) is 21.8. The van der Waals surface area contributed by atoms with Crippen molar-refractivity contribution in [2.45, 2.75) is 49.4 Å². The Labute approximate surface area is 211 Å². The Hall–Kier alpha value is -2.43. The number of carboxylic acids is 1. The molecule has 7 nitrogen and oxygen atoms in total. The first-order chi connectivity index (χ1) is 16.2. The molecule has 180 valence electrons. The lowest BCUT2D eigenvalue weighted by Gasteiger charge is -2.25. The molecule has 0 saturated carbocycles. The minimum absolute atomic E-state index is 0.0353. The van der Waals surface area contributed by atoms with Crippen molar-refractivity contribution >= 4 is 46.3 Å². The Morgan fingerprint density at radius 2 is 2.09 bits per heavy atom. The molecule has 0 unspecified atom stereocenters. The molecule has 0 spiro atoms. The van der Waals surface area contributed by atoms with Crippen LogP contribution in [0.3, 0.4) is 0 Å². The molecule has 1 fully saturated rings. The highest BCUT2D eigenvalue weighted by molar-refractivity contribution is 8.01. The van der Waals surface area contributed by atoms with E-state index in [1.54, 1.807) is 11.8 Å². The summed E-state index contributed by atoms with van der Waals surface area (Å²) in [5.41, 5.74) is 2.00. The summed E-state index contributed by atoms with van der Waals surface area (Å²) in [5.74, 6) is 0.696. The third kappa shape index (κ3) is 5.97. The highest BCUT2D eigenvalue weighted by Gasteiger charge is 2.31. The smallest absolute Gasteiger partial charge is 0.355 e. The van der Waals surface area contributed by atoms with E-state index < -0.39 is 5.97 Å². The summed E-state index contributed by atoms with van der Waals surface area (Å²) in [7, 11) is 0. The van der Waals surface area contributed by atoms with Crippen LogP contribution >= 0.6 is 34.4 Å². The summed E-state index contributed by atoms with van der Waals surface area (Å²) in [6.07, 6.45) is 1.36. The summed E-state index contributed by atoms with van der Waals surface area (Å²) in [4.78, 5) is 34.1. The number of carbonyl (C=O) groups is 2. The predicted octanol–water partition coefficient (Wildman–Crippen LogP) is 5.42. The average molecular weight is 518 g/mol. The van der Waals surface area contributed by atoms with Gasteiger partial charge in [-0.1, -0.05) is 44.7 Å². The van der Waals surface area contributed by atoms with Crippen LogP contribution in [0.1, 0.15) is 49.7 Å². The molecular weight excluding hydrogens is 490 g/mol. The minimum atomic E-state index is -1.04. The number of aromatic carboxylic acids is 1. The maximum Gasteiger partial charge on any atom is 0.355 e. The molecule has 2 aromatic heterocycles. The number of carbonyl (C=O) groups excluding carboxylic acids is 1. The topological polar surface area (TPSA) is 92.6 Å². The van der Waals surface area contributed by atoms with E-state index in [1.807, 2.05) is 22.4 Å². The van der Waals surface area contributed by atoms with Crippen LogP contribution in [0, 0.1) is 0 Å². The van der Waals surface area contributed by atoms with E-state index >= 15 is 0 Å². The van der Waals surface area contributed by atoms with Crippen LogP contribution < -0.4 is 4.74 Å². The van der Waals surface area contributed by atoms with Crippen molar-refractivity contribution in [3.8, 4) is 16.5 Å². The lowest BCUT2D eigenvalue weighted by molar-refractivity contribution is -0.129. The number of thioether (sulfide) groups is 1. The second-order valence-corrected chi connectivity index (χ2v) is 12.1. The van der Waals surface area contributed by atoms with Crippen molar-refractivity contribution < 1.29 is 19.4 Å². The van der Waals surface area contributed by atoms with Crippen LogP contribution in [0.25, 0.3) is 10.7 Å². The molecule has 1 aliphatic rings. The summed E-state index contributed by atoms with van der Waals surface area (Å²) >= 11 is 4.36. The van der Waals surface area contributed by atoms with Gasteiger partial charge >= 0.3 is 5.97 Å². The van der Waals surface area contributed by atoms with Crippen LogP contribution in [0.15, 0.2) is 39.4 Å². The van der Waals surface area contributed by atoms with Gasteiger partial charge < -0.3 is 14.7 Å². The molecule has 1 aromatic carbocycles.